The minimum absolute atomic E-state index is 0.174. The molecular formula is C18H26BrN3O2. The van der Waals surface area contributed by atoms with Crippen LogP contribution in [0, 0.1) is 11.3 Å². The number of pyridine rings is 1. The molecular weight excluding hydrogens is 370 g/mol. The molecule has 0 aromatic carbocycles. The molecule has 6 heteroatoms. The molecule has 1 N–H and O–H groups in total. The molecule has 1 saturated heterocycles. The molecule has 1 atom stereocenters. The number of nitrogens with zero attached hydrogens (tertiary/aromatic N) is 2. The Hall–Kier alpha value is -1.30. The van der Waals surface area contributed by atoms with Crippen molar-refractivity contribution >= 4 is 27.8 Å². The summed E-state index contributed by atoms with van der Waals surface area (Å²) in [7, 11) is 0. The van der Waals surface area contributed by atoms with Gasteiger partial charge in [-0.1, -0.05) is 0 Å². The maximum atomic E-state index is 12.1. The van der Waals surface area contributed by atoms with Crippen molar-refractivity contribution in [2.45, 2.75) is 45.6 Å². The van der Waals surface area contributed by atoms with Gasteiger partial charge in [0.25, 0.3) is 0 Å². The average molecular weight is 396 g/mol. The summed E-state index contributed by atoms with van der Waals surface area (Å²) < 4.78 is 6.46. The number of anilines is 1. The summed E-state index contributed by atoms with van der Waals surface area (Å²) in [4.78, 5) is 18.4. The van der Waals surface area contributed by atoms with Gasteiger partial charge in [0.1, 0.15) is 11.4 Å². The molecule has 0 radical (unpaired) electrons. The largest absolute Gasteiger partial charge is 0.444 e. The Morgan fingerprint density at radius 1 is 1.42 bits per heavy atom. The van der Waals surface area contributed by atoms with Crippen LogP contribution in [0.15, 0.2) is 22.8 Å². The molecule has 1 aliphatic heterocycles. The van der Waals surface area contributed by atoms with E-state index in [1.807, 2.05) is 44.0 Å². The Balaban J connectivity index is 1.44. The highest BCUT2D eigenvalue weighted by Crippen LogP contribution is 2.59. The van der Waals surface area contributed by atoms with Crippen molar-refractivity contribution in [2.24, 2.45) is 11.3 Å². The Bertz CT molecular complexity index is 589. The van der Waals surface area contributed by atoms with E-state index in [1.54, 1.807) is 0 Å². The van der Waals surface area contributed by atoms with Crippen LogP contribution >= 0.6 is 15.9 Å². The third-order valence-corrected chi connectivity index (χ3v) is 5.50. The van der Waals surface area contributed by atoms with Crippen LogP contribution in [-0.4, -0.2) is 41.2 Å². The van der Waals surface area contributed by atoms with E-state index >= 15 is 0 Å². The smallest absolute Gasteiger partial charge is 0.410 e. The summed E-state index contributed by atoms with van der Waals surface area (Å²) in [5.41, 5.74) is -0.00317. The van der Waals surface area contributed by atoms with Crippen LogP contribution in [0.2, 0.25) is 0 Å². The van der Waals surface area contributed by atoms with Crippen LogP contribution < -0.4 is 5.32 Å². The molecule has 1 spiro atoms. The molecule has 24 heavy (non-hydrogen) atoms. The van der Waals surface area contributed by atoms with Gasteiger partial charge in [0.15, 0.2) is 0 Å². The molecule has 2 aliphatic rings. The third-order valence-electron chi connectivity index (χ3n) is 5.03. The number of carbonyl (C=O) groups excluding carboxylic acids is 1. The first kappa shape index (κ1) is 17.5. The van der Waals surface area contributed by atoms with Crippen LogP contribution in [0.1, 0.15) is 40.0 Å². The van der Waals surface area contributed by atoms with Crippen molar-refractivity contribution in [3.8, 4) is 0 Å². The molecule has 1 unspecified atom stereocenters. The average Bonchev–Trinajstić information content (AvgIpc) is 3.18. The summed E-state index contributed by atoms with van der Waals surface area (Å²) in [6.07, 6.45) is 5.04. The summed E-state index contributed by atoms with van der Waals surface area (Å²) in [5.74, 6) is 1.61. The summed E-state index contributed by atoms with van der Waals surface area (Å²) in [5, 5.41) is 3.43. The first-order valence-corrected chi connectivity index (χ1v) is 9.40. The second-order valence-corrected chi connectivity index (χ2v) is 8.89. The van der Waals surface area contributed by atoms with Crippen molar-refractivity contribution in [3.63, 3.8) is 0 Å². The number of halogens is 1. The van der Waals surface area contributed by atoms with E-state index in [0.29, 0.717) is 11.3 Å². The lowest BCUT2D eigenvalue weighted by atomic mass is 9.91. The quantitative estimate of drug-likeness (QED) is 0.828. The van der Waals surface area contributed by atoms with Gasteiger partial charge in [0.2, 0.25) is 0 Å². The van der Waals surface area contributed by atoms with E-state index in [4.69, 9.17) is 4.74 Å². The predicted molar refractivity (Wildman–Crippen MR) is 98.0 cm³/mol. The molecule has 2 fully saturated rings. The van der Waals surface area contributed by atoms with Gasteiger partial charge in [-0.05, 0) is 79.4 Å². The van der Waals surface area contributed by atoms with Crippen LogP contribution in [0.3, 0.4) is 0 Å². The molecule has 1 amide bonds. The highest BCUT2D eigenvalue weighted by atomic mass is 79.9. The molecule has 1 saturated carbocycles. The zero-order chi connectivity index (χ0) is 17.4. The number of ether oxygens (including phenoxy) is 1. The first-order valence-electron chi connectivity index (χ1n) is 8.61. The number of nitrogens with one attached hydrogen (secondary N) is 1. The zero-order valence-electron chi connectivity index (χ0n) is 14.6. The number of hydrogen-bond donors (Lipinski definition) is 1. The number of carbonyl (C=O) groups is 1. The van der Waals surface area contributed by atoms with Crippen LogP contribution in [0.5, 0.6) is 0 Å². The van der Waals surface area contributed by atoms with Crippen molar-refractivity contribution in [3.05, 3.63) is 22.8 Å². The second kappa shape index (κ2) is 6.54. The fourth-order valence-electron chi connectivity index (χ4n) is 3.50. The third kappa shape index (κ3) is 4.21. The van der Waals surface area contributed by atoms with Gasteiger partial charge in [-0.25, -0.2) is 9.78 Å². The molecule has 2 heterocycles. The van der Waals surface area contributed by atoms with E-state index in [0.717, 1.165) is 42.8 Å². The first-order chi connectivity index (χ1) is 11.3. The van der Waals surface area contributed by atoms with Gasteiger partial charge in [0.05, 0.1) is 0 Å². The Labute approximate surface area is 152 Å². The van der Waals surface area contributed by atoms with E-state index in [-0.39, 0.29) is 6.09 Å². The lowest BCUT2D eigenvalue weighted by molar-refractivity contribution is 0.0166. The number of aromatic nitrogens is 1. The number of hydrogen-bond acceptors (Lipinski definition) is 4. The molecule has 5 nitrogen and oxygen atoms in total. The van der Waals surface area contributed by atoms with Gasteiger partial charge in [-0.2, -0.15) is 0 Å². The molecule has 132 valence electrons. The van der Waals surface area contributed by atoms with Crippen LogP contribution in [0.4, 0.5) is 10.6 Å². The molecule has 0 bridgehead atoms. The minimum Gasteiger partial charge on any atom is -0.444 e. The number of likely N-dealkylation sites (tertiary alicyclic amines) is 1. The van der Waals surface area contributed by atoms with Crippen molar-refractivity contribution in [2.75, 3.05) is 25.0 Å². The lowest BCUT2D eigenvalue weighted by Crippen LogP contribution is -2.42. The Morgan fingerprint density at radius 2 is 2.12 bits per heavy atom. The van der Waals surface area contributed by atoms with E-state index in [9.17, 15) is 4.79 Å². The topological polar surface area (TPSA) is 54.5 Å². The highest BCUT2D eigenvalue weighted by molar-refractivity contribution is 9.10. The van der Waals surface area contributed by atoms with Crippen LogP contribution in [-0.2, 0) is 4.74 Å². The van der Waals surface area contributed by atoms with E-state index in [1.165, 1.54) is 6.42 Å². The molecule has 3 rings (SSSR count). The molecule has 1 aliphatic carbocycles. The number of amides is 1. The van der Waals surface area contributed by atoms with E-state index in [2.05, 4.69) is 26.2 Å². The monoisotopic (exact) mass is 395 g/mol. The zero-order valence-corrected chi connectivity index (χ0v) is 16.2. The van der Waals surface area contributed by atoms with Crippen molar-refractivity contribution < 1.29 is 9.53 Å². The van der Waals surface area contributed by atoms with Gasteiger partial charge >= 0.3 is 6.09 Å². The summed E-state index contributed by atoms with van der Waals surface area (Å²) >= 11 is 3.40. The Kier molecular flexibility index (Phi) is 4.78. The molecule has 1 aromatic rings. The lowest BCUT2D eigenvalue weighted by Gasteiger charge is -2.34. The maximum absolute atomic E-state index is 12.1. The van der Waals surface area contributed by atoms with Crippen molar-refractivity contribution in [1.82, 2.24) is 9.88 Å². The van der Waals surface area contributed by atoms with Gasteiger partial charge in [-0.3, -0.25) is 0 Å². The van der Waals surface area contributed by atoms with Gasteiger partial charge in [-0.15, -0.1) is 0 Å². The minimum atomic E-state index is -0.421. The normalized spacial score (nSPS) is 22.3. The standard InChI is InChI=1S/C18H26BrN3O2/c1-17(2,3)24-16(23)22-8-6-18(7-9-22)10-13(18)11-20-15-5-4-14(19)12-21-15/h4-5,12-13H,6-11H2,1-3H3,(H,20,21). The van der Waals surface area contributed by atoms with Gasteiger partial charge in [0, 0.05) is 30.3 Å². The van der Waals surface area contributed by atoms with Gasteiger partial charge < -0.3 is 15.0 Å². The maximum Gasteiger partial charge on any atom is 0.410 e. The van der Waals surface area contributed by atoms with E-state index < -0.39 is 5.60 Å². The Morgan fingerprint density at radius 3 is 2.71 bits per heavy atom. The second-order valence-electron chi connectivity index (χ2n) is 7.97. The predicted octanol–water partition coefficient (Wildman–Crippen LogP) is 4.29. The van der Waals surface area contributed by atoms with Crippen molar-refractivity contribution in [1.29, 1.82) is 0 Å². The fourth-order valence-corrected chi connectivity index (χ4v) is 3.74. The number of rotatable bonds is 3. The highest BCUT2D eigenvalue weighted by Gasteiger charge is 2.54. The SMILES string of the molecule is CC(C)(C)OC(=O)N1CCC2(CC1)CC2CNc1ccc(Br)cn1. The summed E-state index contributed by atoms with van der Waals surface area (Å²) in [6, 6.07) is 3.99. The number of piperidine rings is 1. The fraction of sp³-hybridized carbons (Fsp3) is 0.667. The molecule has 1 aromatic heterocycles. The summed E-state index contributed by atoms with van der Waals surface area (Å²) in [6.45, 7) is 8.31. The van der Waals surface area contributed by atoms with Crippen LogP contribution in [0.25, 0.3) is 0 Å².